The number of benzene rings is 1. The van der Waals surface area contributed by atoms with Crippen LogP contribution in [0.4, 0.5) is 18.9 Å². The Hall–Kier alpha value is -1.89. The van der Waals surface area contributed by atoms with E-state index in [0.717, 1.165) is 12.1 Å². The molecule has 0 bridgehead atoms. The van der Waals surface area contributed by atoms with Gasteiger partial charge in [0, 0.05) is 0 Å². The fourth-order valence-electron chi connectivity index (χ4n) is 2.89. The number of halogens is 3. The lowest BCUT2D eigenvalue weighted by atomic mass is 10.1. The van der Waals surface area contributed by atoms with E-state index in [1.54, 1.807) is 0 Å². The van der Waals surface area contributed by atoms with Crippen LogP contribution in [0.3, 0.4) is 0 Å². The molecule has 2 atom stereocenters. The number of amides is 2. The molecule has 0 aromatic heterocycles. The van der Waals surface area contributed by atoms with E-state index in [0.29, 0.717) is 4.90 Å². The zero-order valence-electron chi connectivity index (χ0n) is 10.2. The third-order valence-electron chi connectivity index (χ3n) is 3.90. The molecule has 2 unspecified atom stereocenters. The highest BCUT2D eigenvalue weighted by Gasteiger charge is 2.67. The summed E-state index contributed by atoms with van der Waals surface area (Å²) in [6.45, 7) is 0.196. The van der Waals surface area contributed by atoms with Crippen molar-refractivity contribution >= 4 is 17.5 Å². The van der Waals surface area contributed by atoms with Gasteiger partial charge in [0.2, 0.25) is 11.8 Å². The summed E-state index contributed by atoms with van der Waals surface area (Å²) in [7, 11) is 0. The van der Waals surface area contributed by atoms with E-state index in [2.05, 4.69) is 0 Å². The molecule has 20 heavy (non-hydrogen) atoms. The molecule has 2 amide bonds. The lowest BCUT2D eigenvalue weighted by Gasteiger charge is -2.22. The Balaban J connectivity index is 2.01. The third kappa shape index (κ3) is 1.66. The Bertz CT molecular complexity index is 578. The monoisotopic (exact) mass is 284 g/mol. The molecule has 7 heteroatoms. The largest absolute Gasteiger partial charge is 0.418 e. The number of piperidine rings is 1. The van der Waals surface area contributed by atoms with Gasteiger partial charge in [-0.3, -0.25) is 9.59 Å². The normalized spacial score (nSPS) is 28.8. The van der Waals surface area contributed by atoms with Gasteiger partial charge in [0.25, 0.3) is 0 Å². The van der Waals surface area contributed by atoms with E-state index in [1.165, 1.54) is 12.1 Å². The highest BCUT2D eigenvalue weighted by atomic mass is 19.4. The van der Waals surface area contributed by atoms with Gasteiger partial charge in [-0.05, 0) is 24.6 Å². The number of nitrogens with zero attached hydrogens (tertiary/aromatic N) is 1. The third-order valence-corrected chi connectivity index (χ3v) is 3.90. The van der Waals surface area contributed by atoms with Gasteiger partial charge >= 0.3 is 6.18 Å². The Morgan fingerprint density at radius 1 is 1.10 bits per heavy atom. The number of hydrogen-bond donors (Lipinski definition) is 1. The number of carbonyl (C=O) groups excluding carboxylic acids is 2. The molecular weight excluding hydrogens is 273 g/mol. The average molecular weight is 284 g/mol. The van der Waals surface area contributed by atoms with E-state index < -0.39 is 41.1 Å². The number of para-hydroxylation sites is 1. The molecule has 106 valence electrons. The molecule has 1 aliphatic heterocycles. The molecule has 3 rings (SSSR count). The number of nitrogens with two attached hydrogens (primary N) is 1. The van der Waals surface area contributed by atoms with E-state index in [4.69, 9.17) is 5.73 Å². The Kier molecular flexibility index (Phi) is 2.66. The molecule has 2 fully saturated rings. The molecule has 1 saturated carbocycles. The van der Waals surface area contributed by atoms with Gasteiger partial charge in [0.15, 0.2) is 0 Å². The van der Waals surface area contributed by atoms with E-state index in [-0.39, 0.29) is 12.5 Å². The van der Waals surface area contributed by atoms with Crippen molar-refractivity contribution in [2.75, 3.05) is 11.4 Å². The first-order valence-electron chi connectivity index (χ1n) is 6.12. The highest BCUT2D eigenvalue weighted by Crippen LogP contribution is 2.54. The van der Waals surface area contributed by atoms with Crippen molar-refractivity contribution in [1.82, 2.24) is 0 Å². The highest BCUT2D eigenvalue weighted by molar-refractivity contribution is 6.25. The molecule has 4 nitrogen and oxygen atoms in total. The van der Waals surface area contributed by atoms with Crippen LogP contribution in [0.15, 0.2) is 24.3 Å². The van der Waals surface area contributed by atoms with Crippen molar-refractivity contribution in [1.29, 1.82) is 0 Å². The van der Waals surface area contributed by atoms with Crippen LogP contribution in [0.2, 0.25) is 0 Å². The Labute approximate surface area is 112 Å². The molecule has 1 aromatic carbocycles. The van der Waals surface area contributed by atoms with Crippen molar-refractivity contribution in [2.45, 2.75) is 6.18 Å². The van der Waals surface area contributed by atoms with Gasteiger partial charge in [-0.2, -0.15) is 13.2 Å². The quantitative estimate of drug-likeness (QED) is 0.835. The summed E-state index contributed by atoms with van der Waals surface area (Å²) < 4.78 is 38.8. The van der Waals surface area contributed by atoms with Crippen molar-refractivity contribution in [3.63, 3.8) is 0 Å². The number of rotatable bonds is 2. The molecule has 2 N–H and O–H groups in total. The second kappa shape index (κ2) is 4.05. The van der Waals surface area contributed by atoms with Crippen LogP contribution in [0.5, 0.6) is 0 Å². The van der Waals surface area contributed by atoms with Crippen molar-refractivity contribution < 1.29 is 22.8 Å². The summed E-state index contributed by atoms with van der Waals surface area (Å²) in [4.78, 5) is 24.8. The molecular formula is C13H11F3N2O2. The first kappa shape index (κ1) is 13.1. The van der Waals surface area contributed by atoms with Crippen LogP contribution in [0.1, 0.15) is 5.56 Å². The van der Waals surface area contributed by atoms with E-state index in [1.807, 2.05) is 0 Å². The van der Waals surface area contributed by atoms with Crippen LogP contribution >= 0.6 is 0 Å². The minimum atomic E-state index is -4.61. The summed E-state index contributed by atoms with van der Waals surface area (Å²) in [5, 5.41) is 0. The molecule has 1 heterocycles. The number of imide groups is 1. The molecule has 0 spiro atoms. The van der Waals surface area contributed by atoms with Crippen LogP contribution in [-0.2, 0) is 15.8 Å². The van der Waals surface area contributed by atoms with E-state index in [9.17, 15) is 22.8 Å². The van der Waals surface area contributed by atoms with Gasteiger partial charge in [0.1, 0.15) is 0 Å². The lowest BCUT2D eigenvalue weighted by Crippen LogP contribution is -2.37. The van der Waals surface area contributed by atoms with Gasteiger partial charge < -0.3 is 5.73 Å². The van der Waals surface area contributed by atoms with E-state index >= 15 is 0 Å². The maximum atomic E-state index is 12.9. The zero-order chi connectivity index (χ0) is 14.7. The predicted octanol–water partition coefficient (Wildman–Crippen LogP) is 1.40. The number of alkyl halides is 3. The number of carbonyl (C=O) groups is 2. The average Bonchev–Trinajstić information content (AvgIpc) is 3.06. The Morgan fingerprint density at radius 2 is 1.65 bits per heavy atom. The van der Waals surface area contributed by atoms with Crippen LogP contribution in [-0.4, -0.2) is 18.4 Å². The van der Waals surface area contributed by atoms with Gasteiger partial charge in [0.05, 0.1) is 23.1 Å². The first-order chi connectivity index (χ1) is 9.38. The predicted molar refractivity (Wildman–Crippen MR) is 63.5 cm³/mol. The van der Waals surface area contributed by atoms with Gasteiger partial charge in [-0.25, -0.2) is 4.90 Å². The molecule has 1 aliphatic carbocycles. The fraction of sp³-hybridized carbons (Fsp3) is 0.385. The summed E-state index contributed by atoms with van der Waals surface area (Å²) in [5.74, 6) is -2.47. The van der Waals surface area contributed by atoms with Gasteiger partial charge in [-0.15, -0.1) is 0 Å². The number of hydrogen-bond acceptors (Lipinski definition) is 3. The number of anilines is 1. The summed E-state index contributed by atoms with van der Waals surface area (Å²) in [6, 6.07) is 4.59. The standard InChI is InChI=1S/C13H11F3N2O2/c14-13(15,16)7-3-1-2-4-8(7)18-11(19)9-6(5-17)10(9)12(18)20/h1-4,6,9-10H,5,17H2. The summed E-state index contributed by atoms with van der Waals surface area (Å²) in [5.41, 5.74) is 4.06. The van der Waals surface area contributed by atoms with Crippen molar-refractivity contribution in [3.8, 4) is 0 Å². The molecule has 0 radical (unpaired) electrons. The minimum Gasteiger partial charge on any atom is -0.330 e. The van der Waals surface area contributed by atoms with Crippen LogP contribution in [0.25, 0.3) is 0 Å². The second-order valence-corrected chi connectivity index (χ2v) is 4.98. The molecule has 2 aliphatic rings. The molecule has 1 saturated heterocycles. The van der Waals surface area contributed by atoms with Crippen molar-refractivity contribution in [2.24, 2.45) is 23.5 Å². The number of fused-ring (bicyclic) bond motifs is 1. The van der Waals surface area contributed by atoms with Crippen LogP contribution < -0.4 is 10.6 Å². The summed E-state index contributed by atoms with van der Waals surface area (Å²) in [6.07, 6.45) is -4.61. The second-order valence-electron chi connectivity index (χ2n) is 4.98. The topological polar surface area (TPSA) is 63.4 Å². The van der Waals surface area contributed by atoms with Crippen LogP contribution in [0, 0.1) is 17.8 Å². The SMILES string of the molecule is NCC1C2C(=O)N(c3ccccc3C(F)(F)F)C(=O)C12. The summed E-state index contributed by atoms with van der Waals surface area (Å²) >= 11 is 0. The zero-order valence-corrected chi connectivity index (χ0v) is 10.2. The maximum Gasteiger partial charge on any atom is 0.418 e. The first-order valence-corrected chi connectivity index (χ1v) is 6.12. The molecule has 1 aromatic rings. The Morgan fingerprint density at radius 3 is 2.15 bits per heavy atom. The smallest absolute Gasteiger partial charge is 0.330 e. The van der Waals surface area contributed by atoms with Crippen molar-refractivity contribution in [3.05, 3.63) is 29.8 Å². The van der Waals surface area contributed by atoms with Gasteiger partial charge in [-0.1, -0.05) is 12.1 Å². The lowest BCUT2D eigenvalue weighted by molar-refractivity contribution is -0.137. The minimum absolute atomic E-state index is 0.196. The maximum absolute atomic E-state index is 12.9. The fourth-order valence-corrected chi connectivity index (χ4v) is 2.89.